The summed E-state index contributed by atoms with van der Waals surface area (Å²) in [4.78, 5) is 21.4. The van der Waals surface area contributed by atoms with Crippen LogP contribution in [0.15, 0.2) is 30.7 Å². The highest BCUT2D eigenvalue weighted by atomic mass is 16.6. The van der Waals surface area contributed by atoms with Gasteiger partial charge in [-0.05, 0) is 52.3 Å². The van der Waals surface area contributed by atoms with Crippen molar-refractivity contribution in [3.63, 3.8) is 0 Å². The first kappa shape index (κ1) is 20.1. The summed E-state index contributed by atoms with van der Waals surface area (Å²) in [6, 6.07) is 5.97. The molecule has 3 aromatic rings. The van der Waals surface area contributed by atoms with Crippen molar-refractivity contribution in [3.8, 4) is 28.7 Å². The van der Waals surface area contributed by atoms with E-state index in [-0.39, 0.29) is 18.4 Å². The molecule has 1 aliphatic rings. The van der Waals surface area contributed by atoms with Crippen molar-refractivity contribution in [2.75, 3.05) is 6.61 Å². The zero-order valence-corrected chi connectivity index (χ0v) is 18.0. The van der Waals surface area contributed by atoms with Crippen molar-refractivity contribution in [2.45, 2.75) is 59.2 Å². The summed E-state index contributed by atoms with van der Waals surface area (Å²) in [6.45, 7) is 10.9. The van der Waals surface area contributed by atoms with Crippen LogP contribution in [-0.2, 0) is 22.5 Å². The molecule has 0 spiro atoms. The normalized spacial score (nSPS) is 13.4. The van der Waals surface area contributed by atoms with Gasteiger partial charge in [0.2, 0.25) is 0 Å². The molecule has 2 aromatic heterocycles. The Kier molecular flexibility index (Phi) is 5.09. The van der Waals surface area contributed by atoms with Crippen LogP contribution in [0.4, 0.5) is 0 Å². The van der Waals surface area contributed by atoms with Crippen LogP contribution in [0.2, 0.25) is 0 Å². The topological polar surface area (TPSA) is 84.1 Å². The first-order chi connectivity index (χ1) is 14.2. The molecule has 3 heterocycles. The van der Waals surface area contributed by atoms with Crippen LogP contribution < -0.4 is 4.74 Å². The molecule has 0 fully saturated rings. The summed E-state index contributed by atoms with van der Waals surface area (Å²) in [5, 5.41) is 4.31. The fraction of sp³-hybridized carbons (Fsp3) is 0.455. The van der Waals surface area contributed by atoms with Gasteiger partial charge in [-0.3, -0.25) is 4.79 Å². The van der Waals surface area contributed by atoms with E-state index in [0.717, 1.165) is 34.2 Å². The molecule has 0 saturated heterocycles. The predicted octanol–water partition coefficient (Wildman–Crippen LogP) is 3.67. The molecular weight excluding hydrogens is 382 g/mol. The first-order valence-electron chi connectivity index (χ1n) is 10.2. The standard InChI is InChI=1S/C22H27N5O3/c1-14(2)27-21(23-13-24-27)17-12-26-8-9-29-18-10-15(6-7-16(18)20(26)25-17)11-19(28)30-22(3,4)5/h6-7,10,12-14H,8-9,11H2,1-5H3. The van der Waals surface area contributed by atoms with E-state index >= 15 is 0 Å². The van der Waals surface area contributed by atoms with Crippen LogP contribution in [0, 0.1) is 0 Å². The van der Waals surface area contributed by atoms with Crippen LogP contribution in [0.5, 0.6) is 5.75 Å². The number of benzene rings is 1. The number of imidazole rings is 1. The molecule has 4 rings (SSSR count). The number of nitrogens with zero attached hydrogens (tertiary/aromatic N) is 5. The highest BCUT2D eigenvalue weighted by Crippen LogP contribution is 2.34. The zero-order chi connectivity index (χ0) is 21.5. The van der Waals surface area contributed by atoms with Gasteiger partial charge in [0.1, 0.15) is 35.8 Å². The van der Waals surface area contributed by atoms with Crippen molar-refractivity contribution >= 4 is 5.97 Å². The predicted molar refractivity (Wildman–Crippen MR) is 112 cm³/mol. The molecule has 0 N–H and O–H groups in total. The van der Waals surface area contributed by atoms with Crippen molar-refractivity contribution in [1.82, 2.24) is 24.3 Å². The van der Waals surface area contributed by atoms with Gasteiger partial charge < -0.3 is 14.0 Å². The lowest BCUT2D eigenvalue weighted by atomic mass is 10.1. The molecule has 0 unspecified atom stereocenters. The minimum absolute atomic E-state index is 0.190. The van der Waals surface area contributed by atoms with E-state index in [1.165, 1.54) is 0 Å². The Balaban J connectivity index is 1.65. The van der Waals surface area contributed by atoms with E-state index in [0.29, 0.717) is 13.2 Å². The van der Waals surface area contributed by atoms with E-state index in [1.54, 1.807) is 6.33 Å². The van der Waals surface area contributed by atoms with Crippen molar-refractivity contribution in [3.05, 3.63) is 36.3 Å². The van der Waals surface area contributed by atoms with Gasteiger partial charge in [-0.25, -0.2) is 14.6 Å². The summed E-state index contributed by atoms with van der Waals surface area (Å²) in [6.07, 6.45) is 3.75. The van der Waals surface area contributed by atoms with Crippen molar-refractivity contribution < 1.29 is 14.3 Å². The number of rotatable bonds is 4. The van der Waals surface area contributed by atoms with E-state index in [4.69, 9.17) is 14.5 Å². The Morgan fingerprint density at radius 3 is 2.80 bits per heavy atom. The maximum atomic E-state index is 12.2. The molecule has 158 valence electrons. The van der Waals surface area contributed by atoms with E-state index in [9.17, 15) is 4.79 Å². The lowest BCUT2D eigenvalue weighted by Crippen LogP contribution is -2.24. The van der Waals surface area contributed by atoms with Gasteiger partial charge in [-0.1, -0.05) is 6.07 Å². The Hall–Kier alpha value is -3.16. The number of aromatic nitrogens is 5. The second kappa shape index (κ2) is 7.59. The monoisotopic (exact) mass is 409 g/mol. The van der Waals surface area contributed by atoms with E-state index in [2.05, 4.69) is 28.5 Å². The molecule has 0 atom stereocenters. The van der Waals surface area contributed by atoms with Crippen molar-refractivity contribution in [1.29, 1.82) is 0 Å². The third-order valence-electron chi connectivity index (χ3n) is 4.71. The summed E-state index contributed by atoms with van der Waals surface area (Å²) in [5.74, 6) is 2.03. The quantitative estimate of drug-likeness (QED) is 0.612. The number of carbonyl (C=O) groups excluding carboxylic acids is 1. The van der Waals surface area contributed by atoms with Crippen LogP contribution >= 0.6 is 0 Å². The summed E-state index contributed by atoms with van der Waals surface area (Å²) < 4.78 is 15.3. The average Bonchev–Trinajstić information content (AvgIpc) is 3.24. The second-order valence-corrected chi connectivity index (χ2v) is 8.71. The Labute approximate surface area is 175 Å². The lowest BCUT2D eigenvalue weighted by molar-refractivity contribution is -0.153. The smallest absolute Gasteiger partial charge is 0.310 e. The number of carbonyl (C=O) groups is 1. The summed E-state index contributed by atoms with van der Waals surface area (Å²) in [5.41, 5.74) is 2.02. The van der Waals surface area contributed by atoms with Crippen molar-refractivity contribution in [2.24, 2.45) is 0 Å². The Morgan fingerprint density at radius 2 is 2.07 bits per heavy atom. The number of hydrogen-bond donors (Lipinski definition) is 0. The largest absolute Gasteiger partial charge is 0.491 e. The third kappa shape index (κ3) is 4.08. The third-order valence-corrected chi connectivity index (χ3v) is 4.71. The highest BCUT2D eigenvalue weighted by Gasteiger charge is 2.23. The van der Waals surface area contributed by atoms with Crippen LogP contribution in [-0.4, -0.2) is 42.5 Å². The van der Waals surface area contributed by atoms with Crippen LogP contribution in [0.1, 0.15) is 46.2 Å². The van der Waals surface area contributed by atoms with Gasteiger partial charge >= 0.3 is 5.97 Å². The summed E-state index contributed by atoms with van der Waals surface area (Å²) in [7, 11) is 0. The number of ether oxygens (including phenoxy) is 2. The fourth-order valence-electron chi connectivity index (χ4n) is 3.50. The SMILES string of the molecule is CC(C)n1ncnc1-c1cn2c(n1)-c1ccc(CC(=O)OC(C)(C)C)cc1OCC2. The van der Waals surface area contributed by atoms with Gasteiger partial charge in [0, 0.05) is 12.2 Å². The first-order valence-corrected chi connectivity index (χ1v) is 10.2. The molecule has 8 heteroatoms. The van der Waals surface area contributed by atoms with Gasteiger partial charge in [0.25, 0.3) is 0 Å². The van der Waals surface area contributed by atoms with Crippen LogP contribution in [0.3, 0.4) is 0 Å². The molecular formula is C22H27N5O3. The minimum atomic E-state index is -0.503. The molecule has 30 heavy (non-hydrogen) atoms. The molecule has 0 saturated carbocycles. The van der Waals surface area contributed by atoms with Gasteiger partial charge in [-0.2, -0.15) is 5.10 Å². The zero-order valence-electron chi connectivity index (χ0n) is 18.0. The van der Waals surface area contributed by atoms with Gasteiger partial charge in [0.05, 0.1) is 18.5 Å². The number of fused-ring (bicyclic) bond motifs is 3. The maximum absolute atomic E-state index is 12.2. The Morgan fingerprint density at radius 1 is 1.27 bits per heavy atom. The maximum Gasteiger partial charge on any atom is 0.310 e. The molecule has 1 aromatic carbocycles. The molecule has 1 aliphatic heterocycles. The summed E-state index contributed by atoms with van der Waals surface area (Å²) >= 11 is 0. The second-order valence-electron chi connectivity index (χ2n) is 8.71. The minimum Gasteiger partial charge on any atom is -0.491 e. The Bertz CT molecular complexity index is 1070. The number of hydrogen-bond acceptors (Lipinski definition) is 6. The molecule has 0 radical (unpaired) electrons. The van der Waals surface area contributed by atoms with E-state index < -0.39 is 5.60 Å². The van der Waals surface area contributed by atoms with E-state index in [1.807, 2.05) is 49.8 Å². The molecule has 0 amide bonds. The molecule has 0 aliphatic carbocycles. The average molecular weight is 409 g/mol. The fourth-order valence-corrected chi connectivity index (χ4v) is 3.50. The lowest BCUT2D eigenvalue weighted by Gasteiger charge is -2.19. The van der Waals surface area contributed by atoms with Gasteiger partial charge in [0.15, 0.2) is 5.82 Å². The molecule has 0 bridgehead atoms. The van der Waals surface area contributed by atoms with Gasteiger partial charge in [-0.15, -0.1) is 0 Å². The van der Waals surface area contributed by atoms with Crippen LogP contribution in [0.25, 0.3) is 22.9 Å². The number of esters is 1. The molecule has 8 nitrogen and oxygen atoms in total. The highest BCUT2D eigenvalue weighted by molar-refractivity contribution is 5.75.